The molecular formula is C26H29F2N5O4. The molecule has 2 aromatic rings. The van der Waals surface area contributed by atoms with E-state index in [2.05, 4.69) is 9.88 Å². The predicted molar refractivity (Wildman–Crippen MR) is 128 cm³/mol. The van der Waals surface area contributed by atoms with Gasteiger partial charge in [-0.05, 0) is 32.8 Å². The number of hydrogen-bond donors (Lipinski definition) is 1. The monoisotopic (exact) mass is 513 g/mol. The number of benzene rings is 1. The number of nitrogens with one attached hydrogen (secondary N) is 1. The van der Waals surface area contributed by atoms with Crippen LogP contribution in [0, 0.1) is 5.41 Å². The number of nitrogens with zero attached hydrogens (tertiary/aromatic N) is 4. The van der Waals surface area contributed by atoms with E-state index in [1.807, 2.05) is 6.92 Å². The molecule has 0 bridgehead atoms. The first kappa shape index (κ1) is 24.0. The highest BCUT2D eigenvalue weighted by molar-refractivity contribution is 6.05. The average Bonchev–Trinajstić information content (AvgIpc) is 3.61. The second kappa shape index (κ2) is 8.61. The van der Waals surface area contributed by atoms with Crippen molar-refractivity contribution in [2.24, 2.45) is 10.4 Å². The van der Waals surface area contributed by atoms with E-state index in [-0.39, 0.29) is 29.5 Å². The zero-order chi connectivity index (χ0) is 25.9. The molecule has 1 fully saturated rings. The number of anilines is 1. The number of hydrogen-bond acceptors (Lipinski definition) is 7. The first-order chi connectivity index (χ1) is 17.7. The Morgan fingerprint density at radius 1 is 1.22 bits per heavy atom. The zero-order valence-corrected chi connectivity index (χ0v) is 20.9. The molecule has 6 rings (SSSR count). The van der Waals surface area contributed by atoms with E-state index in [1.165, 1.54) is 13.0 Å². The molecular weight excluding hydrogens is 484 g/mol. The van der Waals surface area contributed by atoms with E-state index in [0.29, 0.717) is 62.7 Å². The number of carbonyl (C=O) groups is 2. The maximum absolute atomic E-state index is 14.2. The van der Waals surface area contributed by atoms with Crippen LogP contribution in [0.3, 0.4) is 0 Å². The van der Waals surface area contributed by atoms with E-state index in [9.17, 15) is 18.4 Å². The number of aromatic nitrogens is 2. The van der Waals surface area contributed by atoms with Crippen LogP contribution in [-0.2, 0) is 39.9 Å². The van der Waals surface area contributed by atoms with Crippen molar-refractivity contribution in [3.8, 4) is 5.75 Å². The Morgan fingerprint density at radius 3 is 2.76 bits per heavy atom. The Morgan fingerprint density at radius 2 is 2.00 bits per heavy atom. The molecule has 0 saturated carbocycles. The van der Waals surface area contributed by atoms with Gasteiger partial charge in [-0.2, -0.15) is 13.8 Å². The van der Waals surface area contributed by atoms with Crippen molar-refractivity contribution in [3.05, 3.63) is 46.1 Å². The molecule has 1 amide bonds. The maximum atomic E-state index is 14.2. The first-order valence-corrected chi connectivity index (χ1v) is 12.6. The standard InChI is InChI=1S/C26H29F2N5O4/c1-15(17-4-3-5-19-21(17)37-14-26(19,27)28)30-22-18-12-32(13-20(18)33-9-8-29-24(33)31-22)23(35)25(16(2)34)6-10-36-11-7-25/h3-5,15H,6-14H2,1-2H3,(H,29,30,31). The summed E-state index contributed by atoms with van der Waals surface area (Å²) in [6.45, 7) is 5.43. The minimum absolute atomic E-state index is 0.126. The van der Waals surface area contributed by atoms with Gasteiger partial charge >= 0.3 is 5.92 Å². The van der Waals surface area contributed by atoms with Crippen LogP contribution in [0.15, 0.2) is 23.2 Å². The maximum Gasteiger partial charge on any atom is 0.310 e. The molecule has 5 heterocycles. The SMILES string of the molecule is CC(=O)C1(C(=O)N2Cc3c(n4c(nc3=NC(C)c3cccc5c3OCC5(F)F)NCC4)C2)CCOCC1. The smallest absolute Gasteiger partial charge is 0.310 e. The lowest BCUT2D eigenvalue weighted by molar-refractivity contribution is -0.156. The van der Waals surface area contributed by atoms with E-state index >= 15 is 0 Å². The number of alkyl halides is 2. The largest absolute Gasteiger partial charge is 0.486 e. The first-order valence-electron chi connectivity index (χ1n) is 12.6. The van der Waals surface area contributed by atoms with Crippen LogP contribution < -0.4 is 15.5 Å². The fourth-order valence-corrected chi connectivity index (χ4v) is 5.89. The van der Waals surface area contributed by atoms with Crippen molar-refractivity contribution in [2.45, 2.75) is 58.3 Å². The van der Waals surface area contributed by atoms with Gasteiger partial charge in [0.05, 0.1) is 24.7 Å². The number of rotatable bonds is 4. The van der Waals surface area contributed by atoms with E-state index < -0.39 is 24.0 Å². The van der Waals surface area contributed by atoms with Gasteiger partial charge in [0.25, 0.3) is 0 Å². The van der Waals surface area contributed by atoms with E-state index in [0.717, 1.165) is 11.3 Å². The van der Waals surface area contributed by atoms with Crippen molar-refractivity contribution in [3.63, 3.8) is 0 Å². The molecule has 1 saturated heterocycles. The fourth-order valence-electron chi connectivity index (χ4n) is 5.89. The van der Waals surface area contributed by atoms with E-state index in [4.69, 9.17) is 19.5 Å². The number of Topliss-reactive ketones (excluding diaryl/α,β-unsaturated/α-hetero) is 1. The lowest BCUT2D eigenvalue weighted by atomic mass is 9.75. The van der Waals surface area contributed by atoms with Crippen molar-refractivity contribution in [1.29, 1.82) is 0 Å². The lowest BCUT2D eigenvalue weighted by Crippen LogP contribution is -2.49. The van der Waals surface area contributed by atoms with Gasteiger partial charge in [-0.15, -0.1) is 0 Å². The molecule has 9 nitrogen and oxygen atoms in total. The van der Waals surface area contributed by atoms with Crippen LogP contribution in [0.5, 0.6) is 5.75 Å². The molecule has 37 heavy (non-hydrogen) atoms. The number of ether oxygens (including phenoxy) is 2. The molecule has 0 spiro atoms. The molecule has 4 aliphatic rings. The average molecular weight is 514 g/mol. The summed E-state index contributed by atoms with van der Waals surface area (Å²) in [7, 11) is 0. The van der Waals surface area contributed by atoms with Gasteiger partial charge in [-0.3, -0.25) is 14.6 Å². The molecule has 1 aromatic carbocycles. The predicted octanol–water partition coefficient (Wildman–Crippen LogP) is 2.68. The Labute approximate surface area is 212 Å². The van der Waals surface area contributed by atoms with Crippen LogP contribution in [0.2, 0.25) is 0 Å². The Balaban J connectivity index is 1.39. The number of ketones is 1. The second-order valence-electron chi connectivity index (χ2n) is 10.2. The highest BCUT2D eigenvalue weighted by atomic mass is 19.3. The van der Waals surface area contributed by atoms with Gasteiger partial charge in [0, 0.05) is 43.1 Å². The van der Waals surface area contributed by atoms with Gasteiger partial charge in [-0.25, -0.2) is 0 Å². The summed E-state index contributed by atoms with van der Waals surface area (Å²) in [5.41, 5.74) is 1.58. The third kappa shape index (κ3) is 3.74. The minimum atomic E-state index is -3.03. The number of halogens is 2. The van der Waals surface area contributed by atoms with Gasteiger partial charge in [0.15, 0.2) is 12.1 Å². The molecule has 11 heteroatoms. The van der Waals surface area contributed by atoms with E-state index in [1.54, 1.807) is 17.0 Å². The molecule has 4 aliphatic heterocycles. The molecule has 1 atom stereocenters. The number of carbonyl (C=O) groups excluding carboxylic acids is 2. The summed E-state index contributed by atoms with van der Waals surface area (Å²) < 4.78 is 41.4. The molecule has 1 N–H and O–H groups in total. The zero-order valence-electron chi connectivity index (χ0n) is 20.9. The molecule has 1 unspecified atom stereocenters. The summed E-state index contributed by atoms with van der Waals surface area (Å²) in [5.74, 6) is -2.52. The molecule has 0 aliphatic carbocycles. The van der Waals surface area contributed by atoms with Crippen LogP contribution >= 0.6 is 0 Å². The van der Waals surface area contributed by atoms with Crippen molar-refractivity contribution in [1.82, 2.24) is 14.5 Å². The molecule has 1 aromatic heterocycles. The topological polar surface area (TPSA) is 98.1 Å². The number of para-hydroxylation sites is 1. The fraction of sp³-hybridized carbons (Fsp3) is 0.538. The van der Waals surface area contributed by atoms with Crippen LogP contribution in [0.25, 0.3) is 0 Å². The summed E-state index contributed by atoms with van der Waals surface area (Å²) in [6.07, 6.45) is 0.744. The van der Waals surface area contributed by atoms with Gasteiger partial charge in [0.2, 0.25) is 11.9 Å². The van der Waals surface area contributed by atoms with Crippen molar-refractivity contribution < 1.29 is 27.8 Å². The quantitative estimate of drug-likeness (QED) is 0.632. The number of fused-ring (bicyclic) bond motifs is 4. The lowest BCUT2D eigenvalue weighted by Gasteiger charge is -2.36. The van der Waals surface area contributed by atoms with Gasteiger partial charge in [-0.1, -0.05) is 12.1 Å². The van der Waals surface area contributed by atoms with Gasteiger partial charge in [0.1, 0.15) is 16.9 Å². The summed E-state index contributed by atoms with van der Waals surface area (Å²) in [5, 5.41) is 3.26. The summed E-state index contributed by atoms with van der Waals surface area (Å²) in [4.78, 5) is 37.7. The Bertz CT molecular complexity index is 1370. The highest BCUT2D eigenvalue weighted by Crippen LogP contribution is 2.45. The molecule has 0 radical (unpaired) electrons. The summed E-state index contributed by atoms with van der Waals surface area (Å²) >= 11 is 0. The Kier molecular flexibility index (Phi) is 5.59. The third-order valence-electron chi connectivity index (χ3n) is 8.04. The number of amides is 1. The normalized spacial score (nSPS) is 22.1. The third-order valence-corrected chi connectivity index (χ3v) is 8.04. The Hall–Kier alpha value is -3.34. The second-order valence-corrected chi connectivity index (χ2v) is 10.2. The van der Waals surface area contributed by atoms with Crippen molar-refractivity contribution >= 4 is 17.6 Å². The summed E-state index contributed by atoms with van der Waals surface area (Å²) in [6, 6.07) is 4.21. The van der Waals surface area contributed by atoms with Crippen LogP contribution in [0.4, 0.5) is 14.7 Å². The van der Waals surface area contributed by atoms with Crippen molar-refractivity contribution in [2.75, 3.05) is 31.7 Å². The van der Waals surface area contributed by atoms with Crippen LogP contribution in [-0.4, -0.2) is 52.5 Å². The minimum Gasteiger partial charge on any atom is -0.486 e. The van der Waals surface area contributed by atoms with Gasteiger partial charge < -0.3 is 24.3 Å². The highest BCUT2D eigenvalue weighted by Gasteiger charge is 2.48. The molecule has 196 valence electrons. The van der Waals surface area contributed by atoms with Crippen LogP contribution in [0.1, 0.15) is 55.1 Å².